The van der Waals surface area contributed by atoms with Gasteiger partial charge in [-0.15, -0.1) is 0 Å². The van der Waals surface area contributed by atoms with Crippen LogP contribution in [0.2, 0.25) is 0 Å². The van der Waals surface area contributed by atoms with E-state index in [0.717, 1.165) is 4.90 Å². The number of hydrogen-bond acceptors (Lipinski definition) is 6. The highest BCUT2D eigenvalue weighted by molar-refractivity contribution is 6.30. The van der Waals surface area contributed by atoms with Crippen LogP contribution in [0.15, 0.2) is 36.5 Å². The molecule has 126 valence electrons. The van der Waals surface area contributed by atoms with Gasteiger partial charge < -0.3 is 4.90 Å². The van der Waals surface area contributed by atoms with Crippen LogP contribution in [0, 0.1) is 5.82 Å². The lowest BCUT2D eigenvalue weighted by Crippen LogP contribution is -2.27. The second-order valence-electron chi connectivity index (χ2n) is 5.09. The van der Waals surface area contributed by atoms with Crippen molar-refractivity contribution in [1.29, 1.82) is 0 Å². The average molecular weight is 344 g/mol. The van der Waals surface area contributed by atoms with Crippen molar-refractivity contribution in [3.63, 3.8) is 0 Å². The highest BCUT2D eigenvalue weighted by atomic mass is 19.3. The molecule has 0 aliphatic heterocycles. The molecule has 0 aliphatic rings. The van der Waals surface area contributed by atoms with Gasteiger partial charge in [-0.1, -0.05) is 6.07 Å². The van der Waals surface area contributed by atoms with Crippen LogP contribution >= 0.6 is 0 Å². The van der Waals surface area contributed by atoms with Crippen molar-refractivity contribution in [3.8, 4) is 0 Å². The highest BCUT2D eigenvalue weighted by Crippen LogP contribution is 2.32. The van der Waals surface area contributed by atoms with Gasteiger partial charge in [0.1, 0.15) is 19.5 Å². The van der Waals surface area contributed by atoms with Gasteiger partial charge in [0.15, 0.2) is 0 Å². The van der Waals surface area contributed by atoms with Gasteiger partial charge in [-0.05, 0) is 29.9 Å². The van der Waals surface area contributed by atoms with Gasteiger partial charge in [-0.2, -0.15) is 4.98 Å². The predicted molar refractivity (Wildman–Crippen MR) is 89.9 cm³/mol. The average Bonchev–Trinajstić information content (AvgIpc) is 2.58. The summed E-state index contributed by atoms with van der Waals surface area (Å²) in [7, 11) is 5.64. The highest BCUT2D eigenvalue weighted by Gasteiger charge is 2.22. The lowest BCUT2D eigenvalue weighted by molar-refractivity contribution is 0.158. The van der Waals surface area contributed by atoms with E-state index in [1.54, 1.807) is 0 Å². The molecule has 2 aromatic heterocycles. The third-order valence-electron chi connectivity index (χ3n) is 3.44. The van der Waals surface area contributed by atoms with Crippen molar-refractivity contribution in [2.75, 3.05) is 16.9 Å². The Morgan fingerprint density at radius 1 is 1.24 bits per heavy atom. The number of aromatic nitrogens is 3. The van der Waals surface area contributed by atoms with Crippen LogP contribution in [-0.4, -0.2) is 35.8 Å². The molecule has 0 unspecified atom stereocenters. The minimum Gasteiger partial charge on any atom is -0.320 e. The number of hydrazine groups is 1. The normalized spacial score (nSPS) is 11.1. The molecule has 0 saturated carbocycles. The third-order valence-corrected chi connectivity index (χ3v) is 3.44. The molecule has 2 heterocycles. The van der Waals surface area contributed by atoms with E-state index >= 15 is 0 Å². The first-order valence-electron chi connectivity index (χ1n) is 7.19. The number of anilines is 3. The van der Waals surface area contributed by atoms with Crippen molar-refractivity contribution in [2.24, 2.45) is 5.84 Å². The van der Waals surface area contributed by atoms with E-state index in [1.165, 1.54) is 36.5 Å². The number of benzene rings is 1. The third kappa shape index (κ3) is 3.48. The second kappa shape index (κ2) is 6.93. The maximum atomic E-state index is 14.4. The summed E-state index contributed by atoms with van der Waals surface area (Å²) in [5.74, 6) is 4.62. The Labute approximate surface area is 142 Å². The summed E-state index contributed by atoms with van der Waals surface area (Å²) in [6, 6.07) is 7.06. The summed E-state index contributed by atoms with van der Waals surface area (Å²) >= 11 is 0. The standard InChI is InChI=1S/C15H12BF3N6/c16-11-6-8(4-5-21-11)25(7-12(18)19)14-13-9(17)2-1-3-10(13)22-15(23-14)24-20/h1-6,12H,7,20H2,(H,22,23,24). The van der Waals surface area contributed by atoms with E-state index in [4.69, 9.17) is 13.7 Å². The molecule has 0 atom stereocenters. The molecular weight excluding hydrogens is 332 g/mol. The fourth-order valence-corrected chi connectivity index (χ4v) is 2.44. The first kappa shape index (κ1) is 17.0. The minimum atomic E-state index is -2.71. The second-order valence-corrected chi connectivity index (χ2v) is 5.09. The van der Waals surface area contributed by atoms with Crippen LogP contribution in [0.5, 0.6) is 0 Å². The van der Waals surface area contributed by atoms with E-state index in [9.17, 15) is 13.2 Å². The number of alkyl halides is 2. The summed E-state index contributed by atoms with van der Waals surface area (Å²) in [5, 5.41) is -0.00228. The molecule has 0 amide bonds. The van der Waals surface area contributed by atoms with Crippen molar-refractivity contribution in [3.05, 3.63) is 42.3 Å². The molecule has 3 N–H and O–H groups in total. The zero-order valence-electron chi connectivity index (χ0n) is 12.8. The first-order valence-corrected chi connectivity index (χ1v) is 7.19. The van der Waals surface area contributed by atoms with E-state index in [1.807, 2.05) is 0 Å². The van der Waals surface area contributed by atoms with Gasteiger partial charge in [-0.25, -0.2) is 24.0 Å². The molecule has 0 spiro atoms. The van der Waals surface area contributed by atoms with E-state index in [2.05, 4.69) is 20.4 Å². The molecular formula is C15H12BF3N6. The summed E-state index contributed by atoms with van der Waals surface area (Å²) in [5.41, 5.74) is 2.90. The minimum absolute atomic E-state index is 0.00228. The van der Waals surface area contributed by atoms with Crippen LogP contribution in [0.3, 0.4) is 0 Å². The van der Waals surface area contributed by atoms with Gasteiger partial charge in [0.2, 0.25) is 5.95 Å². The lowest BCUT2D eigenvalue weighted by Gasteiger charge is -2.25. The topological polar surface area (TPSA) is 80.0 Å². The molecule has 3 aromatic rings. The SMILES string of the molecule is [B]c1cc(N(CC(F)F)c2nc(NN)nc3cccc(F)c23)ccn1. The maximum absolute atomic E-state index is 14.4. The van der Waals surface area contributed by atoms with Crippen molar-refractivity contribution in [1.82, 2.24) is 15.0 Å². The summed E-state index contributed by atoms with van der Waals surface area (Å²) in [6.07, 6.45) is -1.34. The van der Waals surface area contributed by atoms with Crippen molar-refractivity contribution < 1.29 is 13.2 Å². The molecule has 6 nitrogen and oxygen atoms in total. The van der Waals surface area contributed by atoms with Gasteiger partial charge in [0.05, 0.1) is 17.4 Å². The summed E-state index contributed by atoms with van der Waals surface area (Å²) in [6.45, 7) is -0.728. The van der Waals surface area contributed by atoms with Gasteiger partial charge in [-0.3, -0.25) is 10.4 Å². The number of nitrogens with two attached hydrogens (primary N) is 1. The number of halogens is 3. The Kier molecular flexibility index (Phi) is 4.71. The molecule has 2 radical (unpaired) electrons. The van der Waals surface area contributed by atoms with Crippen molar-refractivity contribution in [2.45, 2.75) is 6.43 Å². The molecule has 0 fully saturated rings. The van der Waals surface area contributed by atoms with Crippen LogP contribution in [-0.2, 0) is 0 Å². The van der Waals surface area contributed by atoms with Crippen LogP contribution in [0.4, 0.5) is 30.6 Å². The van der Waals surface area contributed by atoms with Gasteiger partial charge >= 0.3 is 0 Å². The zero-order chi connectivity index (χ0) is 18.0. The van der Waals surface area contributed by atoms with Gasteiger partial charge in [0.25, 0.3) is 6.43 Å². The molecule has 25 heavy (non-hydrogen) atoms. The smallest absolute Gasteiger partial charge is 0.256 e. The number of hydrogen-bond donors (Lipinski definition) is 2. The number of pyridine rings is 1. The quantitative estimate of drug-likeness (QED) is 0.416. The van der Waals surface area contributed by atoms with E-state index in [-0.39, 0.29) is 28.3 Å². The molecule has 0 bridgehead atoms. The molecule has 1 aromatic carbocycles. The van der Waals surface area contributed by atoms with E-state index in [0.29, 0.717) is 5.69 Å². The molecule has 10 heteroatoms. The summed E-state index contributed by atoms with van der Waals surface area (Å²) < 4.78 is 40.7. The summed E-state index contributed by atoms with van der Waals surface area (Å²) in [4.78, 5) is 13.1. The number of nitrogen functional groups attached to an aromatic ring is 1. The Bertz CT molecular complexity index is 908. The molecule has 0 aliphatic carbocycles. The predicted octanol–water partition coefficient (Wildman–Crippen LogP) is 1.65. The Morgan fingerprint density at radius 2 is 2.04 bits per heavy atom. The number of nitrogens with one attached hydrogen (secondary N) is 1. The maximum Gasteiger partial charge on any atom is 0.256 e. The Hall–Kier alpha value is -2.88. The van der Waals surface area contributed by atoms with Gasteiger partial charge in [0, 0.05) is 11.9 Å². The number of fused-ring (bicyclic) bond motifs is 1. The van der Waals surface area contributed by atoms with Crippen LogP contribution in [0.1, 0.15) is 0 Å². The number of nitrogens with zero attached hydrogens (tertiary/aromatic N) is 4. The van der Waals surface area contributed by atoms with Crippen molar-refractivity contribution >= 4 is 41.8 Å². The van der Waals surface area contributed by atoms with E-state index < -0.39 is 18.8 Å². The van der Waals surface area contributed by atoms with Crippen LogP contribution < -0.4 is 21.8 Å². The number of rotatable bonds is 5. The largest absolute Gasteiger partial charge is 0.320 e. The lowest BCUT2D eigenvalue weighted by atomic mass is 10.0. The Balaban J connectivity index is 2.28. The molecule has 3 rings (SSSR count). The zero-order valence-corrected chi connectivity index (χ0v) is 12.8. The fraction of sp³-hybridized carbons (Fsp3) is 0.133. The molecule has 0 saturated heterocycles. The van der Waals surface area contributed by atoms with Crippen LogP contribution in [0.25, 0.3) is 10.9 Å². The fourth-order valence-electron chi connectivity index (χ4n) is 2.44. The first-order chi connectivity index (χ1) is 12.0. The Morgan fingerprint density at radius 3 is 2.72 bits per heavy atom. The monoisotopic (exact) mass is 344 g/mol.